The fourth-order valence-electron chi connectivity index (χ4n) is 2.94. The zero-order chi connectivity index (χ0) is 18.3. The lowest BCUT2D eigenvalue weighted by Gasteiger charge is -2.05. The quantitative estimate of drug-likeness (QED) is 0.611. The van der Waals surface area contributed by atoms with Crippen molar-refractivity contribution in [1.29, 1.82) is 0 Å². The van der Waals surface area contributed by atoms with Crippen molar-refractivity contribution in [1.82, 2.24) is 23.9 Å². The second kappa shape index (κ2) is 6.14. The normalized spacial score (nSPS) is 11.2. The molecule has 4 aromatic rings. The number of aromatic nitrogens is 5. The molecule has 7 nitrogen and oxygen atoms in total. The van der Waals surface area contributed by atoms with E-state index in [-0.39, 0.29) is 11.5 Å². The molecule has 0 aliphatic carbocycles. The van der Waals surface area contributed by atoms with Gasteiger partial charge in [0, 0.05) is 39.1 Å². The van der Waals surface area contributed by atoms with E-state index >= 15 is 0 Å². The van der Waals surface area contributed by atoms with Crippen LogP contribution in [0, 0.1) is 5.82 Å². The van der Waals surface area contributed by atoms with E-state index in [4.69, 9.17) is 0 Å². The summed E-state index contributed by atoms with van der Waals surface area (Å²) in [7, 11) is 3.51. The van der Waals surface area contributed by atoms with Crippen LogP contribution in [0.3, 0.4) is 0 Å². The number of hydrogen-bond donors (Lipinski definition) is 1. The van der Waals surface area contributed by atoms with Gasteiger partial charge in [-0.15, -0.1) is 5.10 Å². The minimum atomic E-state index is -0.433. The lowest BCUT2D eigenvalue weighted by molar-refractivity contribution is 0.601. The second-order valence-electron chi connectivity index (χ2n) is 6.03. The van der Waals surface area contributed by atoms with E-state index in [1.54, 1.807) is 35.5 Å². The van der Waals surface area contributed by atoms with Crippen LogP contribution in [0.1, 0.15) is 5.56 Å². The van der Waals surface area contributed by atoms with Gasteiger partial charge in [0.15, 0.2) is 11.6 Å². The fraction of sp³-hybridized carbons (Fsp3) is 0.167. The lowest BCUT2D eigenvalue weighted by Crippen LogP contribution is -2.19. The predicted molar refractivity (Wildman–Crippen MR) is 96.8 cm³/mol. The van der Waals surface area contributed by atoms with E-state index < -0.39 is 5.82 Å². The average molecular weight is 352 g/mol. The molecule has 3 heterocycles. The highest BCUT2D eigenvalue weighted by molar-refractivity contribution is 5.76. The van der Waals surface area contributed by atoms with E-state index in [9.17, 15) is 9.18 Å². The third-order valence-corrected chi connectivity index (χ3v) is 4.36. The molecule has 1 aromatic carbocycles. The molecular weight excluding hydrogens is 335 g/mol. The Morgan fingerprint density at radius 3 is 2.73 bits per heavy atom. The molecule has 132 valence electrons. The molecule has 4 rings (SSSR count). The summed E-state index contributed by atoms with van der Waals surface area (Å²) in [6.45, 7) is 0.529. The summed E-state index contributed by atoms with van der Waals surface area (Å²) in [6.07, 6.45) is 3.17. The predicted octanol–water partition coefficient (Wildman–Crippen LogP) is 2.21. The van der Waals surface area contributed by atoms with Gasteiger partial charge in [-0.1, -0.05) is 6.07 Å². The summed E-state index contributed by atoms with van der Waals surface area (Å²) < 4.78 is 18.4. The Balaban J connectivity index is 1.55. The molecule has 8 heteroatoms. The largest absolute Gasteiger partial charge is 0.365 e. The molecule has 0 aliphatic heterocycles. The number of anilines is 1. The average Bonchev–Trinajstić information content (AvgIpc) is 3.20. The van der Waals surface area contributed by atoms with Crippen molar-refractivity contribution < 1.29 is 4.39 Å². The molecule has 1 N–H and O–H groups in total. The van der Waals surface area contributed by atoms with Crippen LogP contribution >= 0.6 is 0 Å². The number of benzene rings is 1. The number of nitrogens with zero attached hydrogens (tertiary/aromatic N) is 5. The SMILES string of the molecule is Cn1c(=O)n(C)c2cc(CNc3ccn(-c4ncccc4F)n3)ccc21. The first-order valence-corrected chi connectivity index (χ1v) is 8.09. The first-order valence-electron chi connectivity index (χ1n) is 8.09. The van der Waals surface area contributed by atoms with Gasteiger partial charge in [-0.05, 0) is 29.8 Å². The number of pyridine rings is 1. The zero-order valence-electron chi connectivity index (χ0n) is 14.3. The van der Waals surface area contributed by atoms with Crippen LogP contribution in [0.2, 0.25) is 0 Å². The Labute approximate surface area is 148 Å². The molecular formula is C18H17FN6O. The standard InChI is InChI=1S/C18H17FN6O/c1-23-14-6-5-12(10-15(14)24(2)18(23)26)11-21-16-7-9-25(22-16)17-13(19)4-3-8-20-17/h3-10H,11H2,1-2H3,(H,21,22). The maximum absolute atomic E-state index is 13.8. The number of rotatable bonds is 4. The highest BCUT2D eigenvalue weighted by Gasteiger charge is 2.09. The van der Waals surface area contributed by atoms with Crippen molar-refractivity contribution in [3.63, 3.8) is 0 Å². The van der Waals surface area contributed by atoms with Crippen LogP contribution in [0.5, 0.6) is 0 Å². The second-order valence-corrected chi connectivity index (χ2v) is 6.03. The summed E-state index contributed by atoms with van der Waals surface area (Å²) >= 11 is 0. The fourth-order valence-corrected chi connectivity index (χ4v) is 2.94. The Hall–Kier alpha value is -3.42. The van der Waals surface area contributed by atoms with Gasteiger partial charge in [0.1, 0.15) is 5.82 Å². The third-order valence-electron chi connectivity index (χ3n) is 4.36. The van der Waals surface area contributed by atoms with Gasteiger partial charge in [0.2, 0.25) is 0 Å². The van der Waals surface area contributed by atoms with Crippen LogP contribution in [0.15, 0.2) is 53.6 Å². The minimum Gasteiger partial charge on any atom is -0.365 e. The number of imidazole rings is 1. The molecule has 0 aliphatic rings. The molecule has 3 aromatic heterocycles. The summed E-state index contributed by atoms with van der Waals surface area (Å²) in [5.74, 6) is 0.330. The van der Waals surface area contributed by atoms with E-state index in [0.717, 1.165) is 16.6 Å². The molecule has 0 saturated heterocycles. The van der Waals surface area contributed by atoms with Crippen LogP contribution in [-0.4, -0.2) is 23.9 Å². The number of nitrogens with one attached hydrogen (secondary N) is 1. The van der Waals surface area contributed by atoms with Gasteiger partial charge in [-0.25, -0.2) is 18.9 Å². The van der Waals surface area contributed by atoms with E-state index in [2.05, 4.69) is 15.4 Å². The Morgan fingerprint density at radius 2 is 1.92 bits per heavy atom. The highest BCUT2D eigenvalue weighted by atomic mass is 19.1. The van der Waals surface area contributed by atoms with Crippen molar-refractivity contribution in [2.24, 2.45) is 14.1 Å². The smallest absolute Gasteiger partial charge is 0.328 e. The summed E-state index contributed by atoms with van der Waals surface area (Å²) in [5, 5.41) is 7.50. The molecule has 26 heavy (non-hydrogen) atoms. The van der Waals surface area contributed by atoms with Crippen LogP contribution in [0.25, 0.3) is 16.9 Å². The molecule has 0 amide bonds. The maximum Gasteiger partial charge on any atom is 0.328 e. The number of halogens is 1. The van der Waals surface area contributed by atoms with Gasteiger partial charge in [0.05, 0.1) is 11.0 Å². The number of fused-ring (bicyclic) bond motifs is 1. The van der Waals surface area contributed by atoms with E-state index in [0.29, 0.717) is 12.4 Å². The van der Waals surface area contributed by atoms with Crippen molar-refractivity contribution in [2.75, 3.05) is 5.32 Å². The molecule has 0 spiro atoms. The molecule has 0 atom stereocenters. The number of hydrogen-bond acceptors (Lipinski definition) is 4. The Morgan fingerprint density at radius 1 is 1.12 bits per heavy atom. The Kier molecular flexibility index (Phi) is 3.80. The maximum atomic E-state index is 13.8. The van der Waals surface area contributed by atoms with E-state index in [1.165, 1.54) is 23.0 Å². The van der Waals surface area contributed by atoms with Gasteiger partial charge < -0.3 is 5.32 Å². The molecule has 0 fully saturated rings. The molecule has 0 unspecified atom stereocenters. The lowest BCUT2D eigenvalue weighted by atomic mass is 10.2. The first-order chi connectivity index (χ1) is 12.5. The first kappa shape index (κ1) is 16.1. The highest BCUT2D eigenvalue weighted by Crippen LogP contribution is 2.16. The monoisotopic (exact) mass is 352 g/mol. The van der Waals surface area contributed by atoms with Crippen molar-refractivity contribution in [3.8, 4) is 5.82 Å². The molecule has 0 radical (unpaired) electrons. The van der Waals surface area contributed by atoms with Crippen molar-refractivity contribution in [2.45, 2.75) is 6.54 Å². The summed E-state index contributed by atoms with van der Waals surface area (Å²) in [6, 6.07) is 10.5. The van der Waals surface area contributed by atoms with Crippen LogP contribution < -0.4 is 11.0 Å². The molecule has 0 bridgehead atoms. The topological polar surface area (TPSA) is 69.7 Å². The van der Waals surface area contributed by atoms with Gasteiger partial charge >= 0.3 is 5.69 Å². The third kappa shape index (κ3) is 2.65. The van der Waals surface area contributed by atoms with Gasteiger partial charge in [0.25, 0.3) is 0 Å². The number of aryl methyl sites for hydroxylation is 2. The van der Waals surface area contributed by atoms with Gasteiger partial charge in [-0.3, -0.25) is 9.13 Å². The zero-order valence-corrected chi connectivity index (χ0v) is 14.3. The van der Waals surface area contributed by atoms with Gasteiger partial charge in [-0.2, -0.15) is 0 Å². The van der Waals surface area contributed by atoms with E-state index in [1.807, 2.05) is 18.2 Å². The van der Waals surface area contributed by atoms with Crippen molar-refractivity contribution >= 4 is 16.9 Å². The van der Waals surface area contributed by atoms with Crippen LogP contribution in [0.4, 0.5) is 10.2 Å². The summed E-state index contributed by atoms with van der Waals surface area (Å²) in [4.78, 5) is 16.0. The Bertz CT molecular complexity index is 1160. The molecule has 0 saturated carbocycles. The van der Waals surface area contributed by atoms with Crippen LogP contribution in [-0.2, 0) is 20.6 Å². The van der Waals surface area contributed by atoms with Crippen molar-refractivity contribution in [3.05, 3.63) is 70.7 Å². The summed E-state index contributed by atoms with van der Waals surface area (Å²) in [5.41, 5.74) is 2.72. The minimum absolute atomic E-state index is 0.0544.